The van der Waals surface area contributed by atoms with E-state index in [1.807, 2.05) is 12.1 Å². The molecule has 2 atom stereocenters. The van der Waals surface area contributed by atoms with Gasteiger partial charge in [-0.05, 0) is 37.7 Å². The first kappa shape index (κ1) is 19.8. The molecule has 0 aliphatic carbocycles. The van der Waals surface area contributed by atoms with Crippen molar-refractivity contribution in [2.24, 2.45) is 5.92 Å². The van der Waals surface area contributed by atoms with Crippen LogP contribution in [0.4, 0.5) is 17.6 Å². The summed E-state index contributed by atoms with van der Waals surface area (Å²) in [5, 5.41) is 7.15. The summed E-state index contributed by atoms with van der Waals surface area (Å²) >= 11 is 0. The minimum Gasteiger partial charge on any atom is -0.376 e. The van der Waals surface area contributed by atoms with Crippen molar-refractivity contribution in [2.45, 2.75) is 57.7 Å². The molecule has 0 saturated carbocycles. The molecule has 2 N–H and O–H groups in total. The number of hydrogen-bond donors (Lipinski definition) is 2. The smallest absolute Gasteiger partial charge is 0.225 e. The van der Waals surface area contributed by atoms with Gasteiger partial charge in [0.15, 0.2) is 0 Å². The fourth-order valence-corrected chi connectivity index (χ4v) is 4.21. The second-order valence-corrected chi connectivity index (χ2v) is 8.22. The van der Waals surface area contributed by atoms with Crippen LogP contribution < -0.4 is 15.5 Å². The highest BCUT2D eigenvalue weighted by molar-refractivity contribution is 5.48. The summed E-state index contributed by atoms with van der Waals surface area (Å²) in [6.07, 6.45) is 9.68. The van der Waals surface area contributed by atoms with E-state index in [2.05, 4.69) is 49.3 Å². The summed E-state index contributed by atoms with van der Waals surface area (Å²) in [5.74, 6) is 3.02. The molecule has 2 aromatic rings. The van der Waals surface area contributed by atoms with Gasteiger partial charge in [-0.25, -0.2) is 19.9 Å². The first-order valence-corrected chi connectivity index (χ1v) is 10.7. The second kappa shape index (κ2) is 9.35. The van der Waals surface area contributed by atoms with E-state index in [0.717, 1.165) is 63.0 Å². The first-order chi connectivity index (χ1) is 14.2. The summed E-state index contributed by atoms with van der Waals surface area (Å²) in [4.78, 5) is 19.8. The largest absolute Gasteiger partial charge is 0.376 e. The van der Waals surface area contributed by atoms with Gasteiger partial charge in [0.25, 0.3) is 0 Å². The summed E-state index contributed by atoms with van der Waals surface area (Å²) in [5.41, 5.74) is 0. The number of hydrogen-bond acceptors (Lipinski definition) is 8. The molecule has 8 nitrogen and oxygen atoms in total. The molecule has 2 aromatic heterocycles. The SMILES string of the molecule is CC(C)C1OCCCC1Nc1cc(NC2CCN(c3ncccn3)CC2)ncn1. The monoisotopic (exact) mass is 397 g/mol. The third-order valence-corrected chi connectivity index (χ3v) is 5.71. The average Bonchev–Trinajstić information content (AvgIpc) is 2.75. The van der Waals surface area contributed by atoms with Crippen molar-refractivity contribution >= 4 is 17.6 Å². The Morgan fingerprint density at radius 2 is 1.72 bits per heavy atom. The van der Waals surface area contributed by atoms with Gasteiger partial charge in [0, 0.05) is 44.2 Å². The molecule has 8 heteroatoms. The molecule has 2 unspecified atom stereocenters. The zero-order valence-corrected chi connectivity index (χ0v) is 17.3. The average molecular weight is 398 g/mol. The Bertz CT molecular complexity index is 765. The summed E-state index contributed by atoms with van der Waals surface area (Å²) < 4.78 is 5.99. The van der Waals surface area contributed by atoms with E-state index < -0.39 is 0 Å². The van der Waals surface area contributed by atoms with Gasteiger partial charge in [-0.3, -0.25) is 0 Å². The zero-order chi connectivity index (χ0) is 20.1. The Morgan fingerprint density at radius 1 is 1.00 bits per heavy atom. The first-order valence-electron chi connectivity index (χ1n) is 10.7. The number of aromatic nitrogens is 4. The van der Waals surface area contributed by atoms with Crippen LogP contribution >= 0.6 is 0 Å². The molecule has 2 aliphatic rings. The summed E-state index contributed by atoms with van der Waals surface area (Å²) in [7, 11) is 0. The number of nitrogens with one attached hydrogen (secondary N) is 2. The van der Waals surface area contributed by atoms with Gasteiger partial charge in [0.05, 0.1) is 12.1 Å². The van der Waals surface area contributed by atoms with Crippen LogP contribution in [0.3, 0.4) is 0 Å². The van der Waals surface area contributed by atoms with E-state index in [4.69, 9.17) is 4.74 Å². The van der Waals surface area contributed by atoms with E-state index >= 15 is 0 Å². The van der Waals surface area contributed by atoms with E-state index in [9.17, 15) is 0 Å². The van der Waals surface area contributed by atoms with Gasteiger partial charge >= 0.3 is 0 Å². The maximum Gasteiger partial charge on any atom is 0.225 e. The fraction of sp³-hybridized carbons (Fsp3) is 0.619. The number of nitrogens with zero attached hydrogens (tertiary/aromatic N) is 5. The lowest BCUT2D eigenvalue weighted by Crippen LogP contribution is -2.43. The molecule has 0 bridgehead atoms. The van der Waals surface area contributed by atoms with Crippen LogP contribution in [-0.2, 0) is 4.74 Å². The van der Waals surface area contributed by atoms with Crippen molar-refractivity contribution in [3.63, 3.8) is 0 Å². The van der Waals surface area contributed by atoms with Crippen LogP contribution in [-0.4, -0.2) is 57.8 Å². The van der Waals surface area contributed by atoms with Gasteiger partial charge in [-0.15, -0.1) is 0 Å². The van der Waals surface area contributed by atoms with Crippen LogP contribution in [0.5, 0.6) is 0 Å². The molecule has 4 heterocycles. The summed E-state index contributed by atoms with van der Waals surface area (Å²) in [6.45, 7) is 7.15. The minimum absolute atomic E-state index is 0.222. The molecule has 2 saturated heterocycles. The fourth-order valence-electron chi connectivity index (χ4n) is 4.21. The van der Waals surface area contributed by atoms with Gasteiger partial charge in [-0.2, -0.15) is 0 Å². The maximum atomic E-state index is 5.99. The standard InChI is InChI=1S/C21H31N7O/c1-15(2)20-17(5-3-12-29-20)27-19-13-18(24-14-25-19)26-16-6-10-28(11-7-16)21-22-8-4-9-23-21/h4,8-9,13-17,20H,3,5-7,10-12H2,1-2H3,(H2,24,25,26,27). The Morgan fingerprint density at radius 3 is 2.45 bits per heavy atom. The quantitative estimate of drug-likeness (QED) is 0.769. The number of piperidine rings is 1. The van der Waals surface area contributed by atoms with Gasteiger partial charge in [-0.1, -0.05) is 13.8 Å². The normalized spacial score (nSPS) is 23.2. The zero-order valence-electron chi connectivity index (χ0n) is 17.3. The molecular formula is C21H31N7O. The molecule has 0 amide bonds. The highest BCUT2D eigenvalue weighted by Gasteiger charge is 2.29. The summed E-state index contributed by atoms with van der Waals surface area (Å²) in [6, 6.07) is 4.54. The van der Waals surface area contributed by atoms with E-state index in [1.165, 1.54) is 0 Å². The Labute approximate surface area is 172 Å². The lowest BCUT2D eigenvalue weighted by atomic mass is 9.94. The minimum atomic E-state index is 0.222. The molecule has 0 radical (unpaired) electrons. The third-order valence-electron chi connectivity index (χ3n) is 5.71. The Balaban J connectivity index is 1.32. The predicted octanol–water partition coefficient (Wildman–Crippen LogP) is 2.96. The van der Waals surface area contributed by atoms with Gasteiger partial charge in [0.1, 0.15) is 18.0 Å². The van der Waals surface area contributed by atoms with Crippen LogP contribution in [0.1, 0.15) is 39.5 Å². The van der Waals surface area contributed by atoms with Crippen molar-refractivity contribution in [2.75, 3.05) is 35.2 Å². The van der Waals surface area contributed by atoms with Crippen LogP contribution in [0.15, 0.2) is 30.9 Å². The maximum absolute atomic E-state index is 5.99. The number of rotatable bonds is 6. The van der Waals surface area contributed by atoms with E-state index in [0.29, 0.717) is 18.0 Å². The third kappa shape index (κ3) is 5.12. The highest BCUT2D eigenvalue weighted by Crippen LogP contribution is 2.24. The number of anilines is 3. The molecule has 0 spiro atoms. The van der Waals surface area contributed by atoms with Crippen LogP contribution in [0, 0.1) is 5.92 Å². The van der Waals surface area contributed by atoms with Crippen molar-refractivity contribution in [3.8, 4) is 0 Å². The van der Waals surface area contributed by atoms with Crippen molar-refractivity contribution < 1.29 is 4.74 Å². The van der Waals surface area contributed by atoms with Crippen molar-refractivity contribution in [3.05, 3.63) is 30.9 Å². The molecule has 2 fully saturated rings. The predicted molar refractivity (Wildman–Crippen MR) is 114 cm³/mol. The Kier molecular flexibility index (Phi) is 6.39. The van der Waals surface area contributed by atoms with Crippen LogP contribution in [0.2, 0.25) is 0 Å². The van der Waals surface area contributed by atoms with Crippen molar-refractivity contribution in [1.82, 2.24) is 19.9 Å². The molecule has 156 valence electrons. The highest BCUT2D eigenvalue weighted by atomic mass is 16.5. The van der Waals surface area contributed by atoms with E-state index in [1.54, 1.807) is 18.7 Å². The molecular weight excluding hydrogens is 366 g/mol. The van der Waals surface area contributed by atoms with E-state index in [-0.39, 0.29) is 6.10 Å². The van der Waals surface area contributed by atoms with Gasteiger partial charge in [0.2, 0.25) is 5.95 Å². The molecule has 0 aromatic carbocycles. The van der Waals surface area contributed by atoms with Gasteiger partial charge < -0.3 is 20.3 Å². The van der Waals surface area contributed by atoms with Crippen molar-refractivity contribution in [1.29, 1.82) is 0 Å². The molecule has 4 rings (SSSR count). The molecule has 29 heavy (non-hydrogen) atoms. The number of ether oxygens (including phenoxy) is 1. The Hall–Kier alpha value is -2.48. The van der Waals surface area contributed by atoms with Crippen LogP contribution in [0.25, 0.3) is 0 Å². The topological polar surface area (TPSA) is 88.1 Å². The second-order valence-electron chi connectivity index (χ2n) is 8.22. The lowest BCUT2D eigenvalue weighted by molar-refractivity contribution is -0.0203. The molecule has 2 aliphatic heterocycles. The lowest BCUT2D eigenvalue weighted by Gasteiger charge is -2.35.